The number of Topliss-reactive ketones (excluding diaryl/α,β-unsaturated/α-hetero) is 1. The Morgan fingerprint density at radius 1 is 1.17 bits per heavy atom. The zero-order valence-corrected chi connectivity index (χ0v) is 16.8. The van der Waals surface area contributed by atoms with Gasteiger partial charge in [0, 0.05) is 11.2 Å². The normalized spacial score (nSPS) is 18.9. The summed E-state index contributed by atoms with van der Waals surface area (Å²) in [4.78, 5) is 21.8. The number of nitrogens with zero attached hydrogens (tertiary/aromatic N) is 2. The number of aromatic nitrogens is 1. The molecule has 1 aromatic carbocycles. The van der Waals surface area contributed by atoms with Gasteiger partial charge in [0.25, 0.3) is 0 Å². The first-order valence-electron chi connectivity index (χ1n) is 8.22. The fraction of sp³-hybridized carbons (Fsp3) is 0.526. The van der Waals surface area contributed by atoms with Gasteiger partial charge in [-0.05, 0) is 23.1 Å². The summed E-state index contributed by atoms with van der Waals surface area (Å²) in [5, 5.41) is 1.85. The molecule has 2 heterocycles. The smallest absolute Gasteiger partial charge is 0.163 e. The molecule has 5 heteroatoms. The van der Waals surface area contributed by atoms with Gasteiger partial charge in [0.1, 0.15) is 16.1 Å². The molecule has 1 aliphatic rings. The lowest BCUT2D eigenvalue weighted by molar-refractivity contribution is -0.126. The molecule has 128 valence electrons. The van der Waals surface area contributed by atoms with E-state index in [-0.39, 0.29) is 22.7 Å². The van der Waals surface area contributed by atoms with Crippen molar-refractivity contribution in [3.05, 3.63) is 28.8 Å². The van der Waals surface area contributed by atoms with Crippen LogP contribution in [-0.4, -0.2) is 27.6 Å². The standard InChI is InChI=1S/C19H24N2OS2/c1-18(2,3)11-7-8-12-14(9-11)24-17(20-12)16-21-13(10-23-16)15(22)19(4,5)6/h7-9,13H,10H2,1-6H3. The Kier molecular flexibility index (Phi) is 4.37. The van der Waals surface area contributed by atoms with Crippen LogP contribution in [-0.2, 0) is 10.2 Å². The van der Waals surface area contributed by atoms with Crippen LogP contribution in [0.1, 0.15) is 52.1 Å². The van der Waals surface area contributed by atoms with E-state index in [1.807, 2.05) is 20.8 Å². The summed E-state index contributed by atoms with van der Waals surface area (Å²) in [5.74, 6) is 0.940. The minimum absolute atomic E-state index is 0.127. The average Bonchev–Trinajstić information content (AvgIpc) is 3.10. The number of ketones is 1. The molecule has 0 bridgehead atoms. The summed E-state index contributed by atoms with van der Waals surface area (Å²) in [6, 6.07) is 6.24. The Balaban J connectivity index is 1.92. The maximum atomic E-state index is 12.4. The molecule has 0 N–H and O–H groups in total. The molecule has 1 aliphatic heterocycles. The molecule has 0 fully saturated rings. The highest BCUT2D eigenvalue weighted by molar-refractivity contribution is 8.15. The van der Waals surface area contributed by atoms with E-state index in [0.29, 0.717) is 0 Å². The van der Waals surface area contributed by atoms with E-state index in [4.69, 9.17) is 4.98 Å². The largest absolute Gasteiger partial charge is 0.297 e. The molecule has 24 heavy (non-hydrogen) atoms. The maximum Gasteiger partial charge on any atom is 0.163 e. The third-order valence-electron chi connectivity index (χ3n) is 4.13. The highest BCUT2D eigenvalue weighted by atomic mass is 32.2. The van der Waals surface area contributed by atoms with Gasteiger partial charge >= 0.3 is 0 Å². The second kappa shape index (κ2) is 5.95. The summed E-state index contributed by atoms with van der Waals surface area (Å²) < 4.78 is 1.19. The molecule has 2 aromatic rings. The quantitative estimate of drug-likeness (QED) is 0.751. The molecule has 3 nitrogen and oxygen atoms in total. The molecule has 0 saturated carbocycles. The van der Waals surface area contributed by atoms with Gasteiger partial charge in [-0.25, -0.2) is 4.98 Å². The molecular weight excluding hydrogens is 336 g/mol. The fourth-order valence-electron chi connectivity index (χ4n) is 2.61. The molecule has 0 aliphatic carbocycles. The van der Waals surface area contributed by atoms with E-state index in [1.54, 1.807) is 23.1 Å². The lowest BCUT2D eigenvalue weighted by atomic mass is 9.87. The molecule has 0 spiro atoms. The Morgan fingerprint density at radius 2 is 1.88 bits per heavy atom. The van der Waals surface area contributed by atoms with Crippen LogP contribution < -0.4 is 0 Å². The third-order valence-corrected chi connectivity index (χ3v) is 6.34. The second-order valence-corrected chi connectivity index (χ2v) is 10.4. The van der Waals surface area contributed by atoms with Crippen molar-refractivity contribution in [2.24, 2.45) is 10.4 Å². The van der Waals surface area contributed by atoms with Crippen molar-refractivity contribution in [3.63, 3.8) is 0 Å². The zero-order chi connectivity index (χ0) is 17.7. The molecule has 1 aromatic heterocycles. The van der Waals surface area contributed by atoms with Crippen LogP contribution in [0.15, 0.2) is 23.2 Å². The second-order valence-electron chi connectivity index (χ2n) is 8.33. The topological polar surface area (TPSA) is 42.3 Å². The van der Waals surface area contributed by atoms with Gasteiger partial charge in [-0.1, -0.05) is 47.6 Å². The van der Waals surface area contributed by atoms with Gasteiger partial charge in [0.05, 0.1) is 10.2 Å². The van der Waals surface area contributed by atoms with Gasteiger partial charge in [0.2, 0.25) is 0 Å². The molecule has 1 atom stereocenters. The summed E-state index contributed by atoms with van der Waals surface area (Å²) in [5.41, 5.74) is 2.10. The molecule has 3 rings (SSSR count). The minimum Gasteiger partial charge on any atom is -0.297 e. The third kappa shape index (κ3) is 3.42. The number of aliphatic imine (C=N–C) groups is 1. The predicted molar refractivity (Wildman–Crippen MR) is 106 cm³/mol. The number of fused-ring (bicyclic) bond motifs is 1. The highest BCUT2D eigenvalue weighted by Gasteiger charge is 2.33. The van der Waals surface area contributed by atoms with E-state index >= 15 is 0 Å². The lowest BCUT2D eigenvalue weighted by Gasteiger charge is -2.18. The first-order chi connectivity index (χ1) is 11.1. The van der Waals surface area contributed by atoms with Gasteiger partial charge < -0.3 is 0 Å². The van der Waals surface area contributed by atoms with Crippen LogP contribution in [0.25, 0.3) is 10.2 Å². The van der Waals surface area contributed by atoms with Gasteiger partial charge in [0.15, 0.2) is 5.78 Å². The summed E-state index contributed by atoms with van der Waals surface area (Å²) in [6.45, 7) is 12.5. The average molecular weight is 361 g/mol. The van der Waals surface area contributed by atoms with Crippen molar-refractivity contribution in [1.29, 1.82) is 0 Å². The Morgan fingerprint density at radius 3 is 2.50 bits per heavy atom. The fourth-order valence-corrected chi connectivity index (χ4v) is 4.72. The van der Waals surface area contributed by atoms with Crippen LogP contribution >= 0.6 is 23.1 Å². The van der Waals surface area contributed by atoms with Crippen molar-refractivity contribution in [2.75, 3.05) is 5.75 Å². The predicted octanol–water partition coefficient (Wildman–Crippen LogP) is 5.07. The number of carbonyl (C=O) groups is 1. The molecule has 1 unspecified atom stereocenters. The first kappa shape index (κ1) is 17.6. The number of thioether (sulfide) groups is 1. The van der Waals surface area contributed by atoms with Gasteiger partial charge in [-0.15, -0.1) is 23.1 Å². The monoisotopic (exact) mass is 360 g/mol. The van der Waals surface area contributed by atoms with Gasteiger partial charge in [-0.2, -0.15) is 0 Å². The zero-order valence-electron chi connectivity index (χ0n) is 15.1. The number of hydrogen-bond donors (Lipinski definition) is 0. The Bertz CT molecular complexity index is 822. The van der Waals surface area contributed by atoms with E-state index in [9.17, 15) is 4.79 Å². The summed E-state index contributed by atoms with van der Waals surface area (Å²) in [6.07, 6.45) is 0. The van der Waals surface area contributed by atoms with E-state index in [1.165, 1.54) is 10.3 Å². The van der Waals surface area contributed by atoms with Crippen molar-refractivity contribution < 1.29 is 4.79 Å². The number of rotatable bonds is 2. The number of benzene rings is 1. The van der Waals surface area contributed by atoms with Crippen LogP contribution in [0.2, 0.25) is 0 Å². The molecule has 0 radical (unpaired) electrons. The van der Waals surface area contributed by atoms with Crippen molar-refractivity contribution in [1.82, 2.24) is 4.98 Å². The van der Waals surface area contributed by atoms with Gasteiger partial charge in [-0.3, -0.25) is 9.79 Å². The van der Waals surface area contributed by atoms with Crippen LogP contribution in [0.5, 0.6) is 0 Å². The van der Waals surface area contributed by atoms with Crippen LogP contribution in [0.4, 0.5) is 0 Å². The SMILES string of the molecule is CC(C)(C)C(=O)C1CSC(c2nc3ccc(C(C)(C)C)cc3s2)=N1. The lowest BCUT2D eigenvalue weighted by Crippen LogP contribution is -2.31. The van der Waals surface area contributed by atoms with Crippen LogP contribution in [0.3, 0.4) is 0 Å². The van der Waals surface area contributed by atoms with Crippen molar-refractivity contribution in [3.8, 4) is 0 Å². The van der Waals surface area contributed by atoms with E-state index < -0.39 is 0 Å². The Labute approximate surface area is 152 Å². The summed E-state index contributed by atoms with van der Waals surface area (Å²) in [7, 11) is 0. The molecular formula is C19H24N2OS2. The maximum absolute atomic E-state index is 12.4. The van der Waals surface area contributed by atoms with E-state index in [2.05, 4.69) is 44.0 Å². The molecule has 0 saturated heterocycles. The summed E-state index contributed by atoms with van der Waals surface area (Å²) >= 11 is 3.32. The molecule has 0 amide bonds. The first-order valence-corrected chi connectivity index (χ1v) is 10.0. The number of carbonyl (C=O) groups excluding carboxylic acids is 1. The minimum atomic E-state index is -0.348. The Hall–Kier alpha value is -1.20. The van der Waals surface area contributed by atoms with Crippen LogP contribution in [0, 0.1) is 5.41 Å². The highest BCUT2D eigenvalue weighted by Crippen LogP contribution is 2.34. The number of thiazole rings is 1. The van der Waals surface area contributed by atoms with E-state index in [0.717, 1.165) is 21.3 Å². The number of hydrogen-bond acceptors (Lipinski definition) is 5. The van der Waals surface area contributed by atoms with Crippen molar-refractivity contribution >= 4 is 44.1 Å². The van der Waals surface area contributed by atoms with Crippen molar-refractivity contribution in [2.45, 2.75) is 53.0 Å².